The molecule has 1 amide bonds. The molecule has 0 radical (unpaired) electrons. The van der Waals surface area contributed by atoms with Crippen molar-refractivity contribution in [2.75, 3.05) is 31.1 Å². The van der Waals surface area contributed by atoms with E-state index in [1.54, 1.807) is 23.1 Å². The van der Waals surface area contributed by atoms with Gasteiger partial charge in [0.25, 0.3) is 11.6 Å². The van der Waals surface area contributed by atoms with Gasteiger partial charge in [0.1, 0.15) is 5.69 Å². The molecule has 1 aliphatic heterocycles. The molecular weight excluding hydrogens is 342 g/mol. The second kappa shape index (κ2) is 7.11. The van der Waals surface area contributed by atoms with Crippen molar-refractivity contribution in [2.45, 2.75) is 6.92 Å². The molecule has 130 valence electrons. The van der Waals surface area contributed by atoms with Crippen molar-refractivity contribution in [3.8, 4) is 0 Å². The number of carbonyl (C=O) groups excluding carboxylic acids is 1. The minimum atomic E-state index is -0.425. The highest BCUT2D eigenvalue weighted by Gasteiger charge is 2.28. The van der Waals surface area contributed by atoms with E-state index in [1.807, 2.05) is 30.0 Å². The minimum Gasteiger partial charge on any atom is -0.361 e. The molecule has 0 N–H and O–H groups in total. The quantitative estimate of drug-likeness (QED) is 0.621. The van der Waals surface area contributed by atoms with Gasteiger partial charge in [-0.15, -0.1) is 0 Å². The number of rotatable bonds is 3. The number of hydrogen-bond donors (Lipinski definition) is 0. The highest BCUT2D eigenvalue weighted by Crippen LogP contribution is 2.35. The number of hydrogen-bond acceptors (Lipinski definition) is 4. The fourth-order valence-corrected chi connectivity index (χ4v) is 3.35. The van der Waals surface area contributed by atoms with Crippen LogP contribution in [0.1, 0.15) is 15.9 Å². The molecule has 0 unspecified atom stereocenters. The molecule has 1 heterocycles. The molecule has 1 fully saturated rings. The molecule has 7 heteroatoms. The van der Waals surface area contributed by atoms with Gasteiger partial charge in [-0.1, -0.05) is 35.4 Å². The molecule has 0 aromatic heterocycles. The average molecular weight is 360 g/mol. The highest BCUT2D eigenvalue weighted by molar-refractivity contribution is 6.33. The Hall–Kier alpha value is -2.60. The van der Waals surface area contributed by atoms with Crippen LogP contribution in [-0.2, 0) is 0 Å². The van der Waals surface area contributed by atoms with Crippen LogP contribution in [0.2, 0.25) is 5.02 Å². The molecule has 0 aliphatic carbocycles. The van der Waals surface area contributed by atoms with Crippen LogP contribution >= 0.6 is 11.6 Å². The van der Waals surface area contributed by atoms with E-state index in [-0.39, 0.29) is 11.6 Å². The van der Waals surface area contributed by atoms with Gasteiger partial charge in [0.05, 0.1) is 9.95 Å². The van der Waals surface area contributed by atoms with Gasteiger partial charge in [-0.3, -0.25) is 14.9 Å². The number of carbonyl (C=O) groups is 1. The first-order valence-corrected chi connectivity index (χ1v) is 8.39. The summed E-state index contributed by atoms with van der Waals surface area (Å²) in [6, 6.07) is 12.2. The number of halogens is 1. The molecular formula is C18H18ClN3O3. The summed E-state index contributed by atoms with van der Waals surface area (Å²) in [6.45, 7) is 3.94. The van der Waals surface area contributed by atoms with E-state index >= 15 is 0 Å². The topological polar surface area (TPSA) is 66.7 Å². The summed E-state index contributed by atoms with van der Waals surface area (Å²) >= 11 is 6.19. The molecule has 1 aliphatic rings. The zero-order valence-electron chi connectivity index (χ0n) is 13.8. The van der Waals surface area contributed by atoms with Gasteiger partial charge in [0, 0.05) is 37.8 Å². The third kappa shape index (κ3) is 3.58. The lowest BCUT2D eigenvalue weighted by Gasteiger charge is -2.36. The fraction of sp³-hybridized carbons (Fsp3) is 0.278. The molecule has 25 heavy (non-hydrogen) atoms. The lowest BCUT2D eigenvalue weighted by atomic mass is 10.1. The van der Waals surface area contributed by atoms with Crippen LogP contribution in [0, 0.1) is 17.0 Å². The third-order valence-electron chi connectivity index (χ3n) is 4.31. The number of anilines is 1. The predicted molar refractivity (Wildman–Crippen MR) is 97.4 cm³/mol. The van der Waals surface area contributed by atoms with E-state index in [4.69, 9.17) is 11.6 Å². The van der Waals surface area contributed by atoms with Crippen molar-refractivity contribution >= 4 is 28.9 Å². The Labute approximate surface area is 150 Å². The third-order valence-corrected chi connectivity index (χ3v) is 4.62. The maximum Gasteiger partial charge on any atom is 0.294 e. The van der Waals surface area contributed by atoms with Crippen LogP contribution < -0.4 is 4.90 Å². The Kier molecular flexibility index (Phi) is 4.90. The van der Waals surface area contributed by atoms with Gasteiger partial charge in [-0.05, 0) is 25.1 Å². The number of piperazine rings is 1. The number of para-hydroxylation sites is 1. The molecule has 0 atom stereocenters. The molecule has 3 rings (SSSR count). The maximum absolute atomic E-state index is 12.6. The summed E-state index contributed by atoms with van der Waals surface area (Å²) in [5.41, 5.74) is 2.12. The van der Waals surface area contributed by atoms with Crippen LogP contribution in [0.4, 0.5) is 11.4 Å². The van der Waals surface area contributed by atoms with Crippen molar-refractivity contribution in [1.82, 2.24) is 4.90 Å². The molecule has 0 bridgehead atoms. The van der Waals surface area contributed by atoms with Crippen LogP contribution in [-0.4, -0.2) is 41.9 Å². The monoisotopic (exact) mass is 359 g/mol. The summed E-state index contributed by atoms with van der Waals surface area (Å²) in [5, 5.41) is 11.6. The summed E-state index contributed by atoms with van der Waals surface area (Å²) in [7, 11) is 0. The standard InChI is InChI=1S/C18H18ClN3O3/c1-13-4-2-5-14(12-13)18(23)21-10-8-20(9-11-21)17-15(19)6-3-7-16(17)22(24)25/h2-7,12H,8-11H2,1H3. The minimum absolute atomic E-state index is 0.00837. The van der Waals surface area contributed by atoms with Gasteiger partial charge in [-0.25, -0.2) is 0 Å². The molecule has 1 saturated heterocycles. The number of aryl methyl sites for hydroxylation is 1. The first-order valence-electron chi connectivity index (χ1n) is 8.01. The highest BCUT2D eigenvalue weighted by atomic mass is 35.5. The maximum atomic E-state index is 12.6. The zero-order chi connectivity index (χ0) is 18.0. The number of nitro groups is 1. The van der Waals surface area contributed by atoms with E-state index in [1.165, 1.54) is 6.07 Å². The lowest BCUT2D eigenvalue weighted by Crippen LogP contribution is -2.49. The summed E-state index contributed by atoms with van der Waals surface area (Å²) in [5.74, 6) is -0.0167. The Morgan fingerprint density at radius 1 is 1.12 bits per heavy atom. The van der Waals surface area contributed by atoms with Crippen molar-refractivity contribution in [1.29, 1.82) is 0 Å². The van der Waals surface area contributed by atoms with Gasteiger partial charge in [-0.2, -0.15) is 0 Å². The molecule has 6 nitrogen and oxygen atoms in total. The normalized spacial score (nSPS) is 14.5. The van der Waals surface area contributed by atoms with Crippen LogP contribution in [0.15, 0.2) is 42.5 Å². The van der Waals surface area contributed by atoms with Gasteiger partial charge < -0.3 is 9.80 Å². The SMILES string of the molecule is Cc1cccc(C(=O)N2CCN(c3c(Cl)cccc3[N+](=O)[O-])CC2)c1. The molecule has 2 aromatic carbocycles. The van der Waals surface area contributed by atoms with E-state index in [9.17, 15) is 14.9 Å². The van der Waals surface area contributed by atoms with Crippen molar-refractivity contribution in [3.05, 3.63) is 68.7 Å². The van der Waals surface area contributed by atoms with Gasteiger partial charge in [0.15, 0.2) is 0 Å². The summed E-state index contributed by atoms with van der Waals surface area (Å²) < 4.78 is 0. The first kappa shape index (κ1) is 17.2. The Bertz CT molecular complexity index is 817. The predicted octanol–water partition coefficient (Wildman–Crippen LogP) is 3.52. The van der Waals surface area contributed by atoms with Crippen molar-refractivity contribution < 1.29 is 9.72 Å². The summed E-state index contributed by atoms with van der Waals surface area (Å²) in [4.78, 5) is 27.1. The first-order chi connectivity index (χ1) is 12.0. The Morgan fingerprint density at radius 3 is 2.44 bits per heavy atom. The van der Waals surface area contributed by atoms with Gasteiger partial charge in [0.2, 0.25) is 0 Å². The largest absolute Gasteiger partial charge is 0.361 e. The van der Waals surface area contributed by atoms with Crippen LogP contribution in [0.3, 0.4) is 0 Å². The fourth-order valence-electron chi connectivity index (χ4n) is 3.06. The van der Waals surface area contributed by atoms with E-state index < -0.39 is 4.92 Å². The van der Waals surface area contributed by atoms with Gasteiger partial charge >= 0.3 is 0 Å². The average Bonchev–Trinajstić information content (AvgIpc) is 2.61. The number of amides is 1. The molecule has 0 spiro atoms. The number of benzene rings is 2. The zero-order valence-corrected chi connectivity index (χ0v) is 14.6. The Morgan fingerprint density at radius 2 is 1.80 bits per heavy atom. The van der Waals surface area contributed by atoms with Crippen molar-refractivity contribution in [3.63, 3.8) is 0 Å². The van der Waals surface area contributed by atoms with Crippen molar-refractivity contribution in [2.24, 2.45) is 0 Å². The second-order valence-corrected chi connectivity index (χ2v) is 6.42. The number of nitro benzene ring substituents is 1. The van der Waals surface area contributed by atoms with E-state index in [0.29, 0.717) is 42.5 Å². The lowest BCUT2D eigenvalue weighted by molar-refractivity contribution is -0.384. The van der Waals surface area contributed by atoms with E-state index in [2.05, 4.69) is 0 Å². The van der Waals surface area contributed by atoms with E-state index in [0.717, 1.165) is 5.56 Å². The van der Waals surface area contributed by atoms with Crippen LogP contribution in [0.25, 0.3) is 0 Å². The molecule has 2 aromatic rings. The summed E-state index contributed by atoms with van der Waals surface area (Å²) in [6.07, 6.45) is 0. The molecule has 0 saturated carbocycles. The van der Waals surface area contributed by atoms with Crippen LogP contribution in [0.5, 0.6) is 0 Å². The Balaban J connectivity index is 1.75. The number of nitrogens with zero attached hydrogens (tertiary/aromatic N) is 3. The smallest absolute Gasteiger partial charge is 0.294 e. The second-order valence-electron chi connectivity index (χ2n) is 6.01.